The highest BCUT2D eigenvalue weighted by Crippen LogP contribution is 2.26. The molecule has 4 rings (SSSR count). The van der Waals surface area contributed by atoms with E-state index in [-0.39, 0.29) is 5.82 Å². The number of hydrogen-bond acceptors (Lipinski definition) is 4. The summed E-state index contributed by atoms with van der Waals surface area (Å²) in [5.74, 6) is 0.0157. The number of amides is 2. The molecular weight excluding hydrogens is 397 g/mol. The van der Waals surface area contributed by atoms with Gasteiger partial charge in [0.1, 0.15) is 11.6 Å². The van der Waals surface area contributed by atoms with Gasteiger partial charge >= 0.3 is 6.03 Å². The van der Waals surface area contributed by atoms with E-state index in [0.717, 1.165) is 16.5 Å². The van der Waals surface area contributed by atoms with E-state index in [2.05, 4.69) is 20.7 Å². The van der Waals surface area contributed by atoms with Crippen LogP contribution in [0.25, 0.3) is 16.6 Å². The van der Waals surface area contributed by atoms with Crippen LogP contribution < -0.4 is 10.6 Å². The maximum Gasteiger partial charge on any atom is 0.320 e. The van der Waals surface area contributed by atoms with E-state index in [4.69, 9.17) is 0 Å². The van der Waals surface area contributed by atoms with Crippen molar-refractivity contribution in [1.82, 2.24) is 20.1 Å². The number of aromatic nitrogens is 3. The lowest BCUT2D eigenvalue weighted by Crippen LogP contribution is -2.43. The van der Waals surface area contributed by atoms with Crippen LogP contribution in [0.15, 0.2) is 73.1 Å². The van der Waals surface area contributed by atoms with Gasteiger partial charge in [-0.3, -0.25) is 5.32 Å². The fraction of sp³-hybridized carbons (Fsp3) is 0.174. The molecule has 2 amide bonds. The van der Waals surface area contributed by atoms with Crippen LogP contribution in [0.5, 0.6) is 0 Å². The van der Waals surface area contributed by atoms with E-state index in [1.807, 2.05) is 30.3 Å². The fourth-order valence-corrected chi connectivity index (χ4v) is 3.38. The average molecular weight is 419 g/mol. The summed E-state index contributed by atoms with van der Waals surface area (Å²) in [6.07, 6.45) is 3.24. The van der Waals surface area contributed by atoms with Crippen LogP contribution in [-0.4, -0.2) is 31.5 Å². The van der Waals surface area contributed by atoms with Gasteiger partial charge in [0.2, 0.25) is 0 Å². The van der Waals surface area contributed by atoms with Crippen molar-refractivity contribution in [2.45, 2.75) is 25.5 Å². The molecule has 0 aliphatic heterocycles. The van der Waals surface area contributed by atoms with Gasteiger partial charge in [0.25, 0.3) is 0 Å². The molecule has 4 aromatic rings. The van der Waals surface area contributed by atoms with Gasteiger partial charge in [-0.15, -0.1) is 0 Å². The molecule has 8 heteroatoms. The Kier molecular flexibility index (Phi) is 5.39. The molecule has 7 nitrogen and oxygen atoms in total. The summed E-state index contributed by atoms with van der Waals surface area (Å²) in [5, 5.41) is 21.1. The SMILES string of the molecule is CC(C)(O)[C@@H](NC(=O)Nc1cc2cnn(-c3ccc(F)cc3)c2cn1)c1ccccc1. The second-order valence-corrected chi connectivity index (χ2v) is 7.76. The molecule has 0 saturated carbocycles. The van der Waals surface area contributed by atoms with Crippen molar-refractivity contribution >= 4 is 22.8 Å². The smallest absolute Gasteiger partial charge is 0.320 e. The van der Waals surface area contributed by atoms with Crippen LogP contribution in [0.4, 0.5) is 15.0 Å². The van der Waals surface area contributed by atoms with Gasteiger partial charge in [0.15, 0.2) is 0 Å². The quantitative estimate of drug-likeness (QED) is 0.452. The Morgan fingerprint density at radius 1 is 1.10 bits per heavy atom. The third-order valence-corrected chi connectivity index (χ3v) is 4.88. The van der Waals surface area contributed by atoms with Crippen molar-refractivity contribution in [3.05, 3.63) is 84.4 Å². The van der Waals surface area contributed by atoms with Crippen molar-refractivity contribution in [3.8, 4) is 5.69 Å². The number of pyridine rings is 1. The van der Waals surface area contributed by atoms with Crippen molar-refractivity contribution in [3.63, 3.8) is 0 Å². The first-order chi connectivity index (χ1) is 14.8. The first kappa shape index (κ1) is 20.5. The summed E-state index contributed by atoms with van der Waals surface area (Å²) >= 11 is 0. The molecule has 2 aromatic carbocycles. The average Bonchev–Trinajstić information content (AvgIpc) is 3.15. The zero-order valence-electron chi connectivity index (χ0n) is 17.1. The largest absolute Gasteiger partial charge is 0.388 e. The number of carbonyl (C=O) groups is 1. The zero-order chi connectivity index (χ0) is 22.0. The van der Waals surface area contributed by atoms with E-state index < -0.39 is 17.7 Å². The topological polar surface area (TPSA) is 92.1 Å². The minimum atomic E-state index is -1.17. The van der Waals surface area contributed by atoms with E-state index in [1.54, 1.807) is 49.1 Å². The monoisotopic (exact) mass is 419 g/mol. The fourth-order valence-electron chi connectivity index (χ4n) is 3.38. The van der Waals surface area contributed by atoms with Gasteiger partial charge < -0.3 is 10.4 Å². The molecule has 31 heavy (non-hydrogen) atoms. The molecule has 2 aromatic heterocycles. The Morgan fingerprint density at radius 3 is 2.48 bits per heavy atom. The second kappa shape index (κ2) is 8.16. The normalized spacial score (nSPS) is 12.5. The predicted molar refractivity (Wildman–Crippen MR) is 116 cm³/mol. The summed E-state index contributed by atoms with van der Waals surface area (Å²) in [7, 11) is 0. The molecule has 0 bridgehead atoms. The number of nitrogens with zero attached hydrogens (tertiary/aromatic N) is 3. The Morgan fingerprint density at radius 2 is 1.81 bits per heavy atom. The molecule has 0 aliphatic rings. The summed E-state index contributed by atoms with van der Waals surface area (Å²) in [4.78, 5) is 16.9. The van der Waals surface area contributed by atoms with Crippen LogP contribution in [0.3, 0.4) is 0 Å². The van der Waals surface area contributed by atoms with Crippen molar-refractivity contribution < 1.29 is 14.3 Å². The highest BCUT2D eigenvalue weighted by molar-refractivity contribution is 5.91. The number of anilines is 1. The predicted octanol–water partition coefficient (Wildman–Crippen LogP) is 4.19. The number of urea groups is 1. The Labute approximate surface area is 178 Å². The molecular formula is C23H22FN5O2. The van der Waals surface area contributed by atoms with Crippen molar-refractivity contribution in [2.75, 3.05) is 5.32 Å². The van der Waals surface area contributed by atoms with Gasteiger partial charge in [0, 0.05) is 5.39 Å². The number of nitrogens with one attached hydrogen (secondary N) is 2. The number of aliphatic hydroxyl groups is 1. The van der Waals surface area contributed by atoms with E-state index in [0.29, 0.717) is 11.5 Å². The van der Waals surface area contributed by atoms with E-state index in [9.17, 15) is 14.3 Å². The third-order valence-electron chi connectivity index (χ3n) is 4.88. The highest BCUT2D eigenvalue weighted by Gasteiger charge is 2.30. The van der Waals surface area contributed by atoms with E-state index >= 15 is 0 Å². The van der Waals surface area contributed by atoms with Crippen molar-refractivity contribution in [2.24, 2.45) is 0 Å². The Hall–Kier alpha value is -3.78. The minimum absolute atomic E-state index is 0.323. The minimum Gasteiger partial charge on any atom is -0.388 e. The molecule has 158 valence electrons. The summed E-state index contributed by atoms with van der Waals surface area (Å²) in [6, 6.07) is 15.8. The van der Waals surface area contributed by atoms with Gasteiger partial charge in [-0.05, 0) is 49.7 Å². The number of rotatable bonds is 5. The Bertz CT molecular complexity index is 1200. The third kappa shape index (κ3) is 4.54. The first-order valence-electron chi connectivity index (χ1n) is 9.76. The molecule has 0 aliphatic carbocycles. The summed E-state index contributed by atoms with van der Waals surface area (Å²) in [5.41, 5.74) is 1.03. The molecule has 2 heterocycles. The molecule has 0 fully saturated rings. The van der Waals surface area contributed by atoms with Crippen LogP contribution in [0.1, 0.15) is 25.5 Å². The zero-order valence-corrected chi connectivity index (χ0v) is 17.1. The standard InChI is InChI=1S/C23H22FN5O2/c1-23(2,31)21(15-6-4-3-5-7-15)28-22(30)27-20-12-16-13-26-29(19(16)14-25-20)18-10-8-17(24)9-11-18/h3-14,21,31H,1-2H3,(H2,25,27,28,30)/t21-/m0/s1. The molecule has 0 saturated heterocycles. The number of fused-ring (bicyclic) bond motifs is 1. The van der Waals surface area contributed by atoms with Crippen LogP contribution in [-0.2, 0) is 0 Å². The summed E-state index contributed by atoms with van der Waals surface area (Å²) in [6.45, 7) is 3.28. The van der Waals surface area contributed by atoms with Gasteiger partial charge in [0.05, 0.1) is 35.2 Å². The molecule has 0 radical (unpaired) electrons. The molecule has 0 spiro atoms. The molecule has 3 N–H and O–H groups in total. The number of hydrogen-bond donors (Lipinski definition) is 3. The lowest BCUT2D eigenvalue weighted by atomic mass is 9.92. The summed E-state index contributed by atoms with van der Waals surface area (Å²) < 4.78 is 14.8. The number of halogens is 1. The maximum atomic E-state index is 13.2. The van der Waals surface area contributed by atoms with Crippen LogP contribution in [0.2, 0.25) is 0 Å². The van der Waals surface area contributed by atoms with Crippen LogP contribution >= 0.6 is 0 Å². The van der Waals surface area contributed by atoms with Gasteiger partial charge in [-0.25, -0.2) is 18.9 Å². The number of benzene rings is 2. The maximum absolute atomic E-state index is 13.2. The first-order valence-corrected chi connectivity index (χ1v) is 9.76. The lowest BCUT2D eigenvalue weighted by Gasteiger charge is -2.30. The van der Waals surface area contributed by atoms with Gasteiger partial charge in [-0.1, -0.05) is 30.3 Å². The molecule has 1 atom stereocenters. The second-order valence-electron chi connectivity index (χ2n) is 7.76. The lowest BCUT2D eigenvalue weighted by molar-refractivity contribution is 0.0415. The molecule has 0 unspecified atom stereocenters. The Balaban J connectivity index is 1.53. The van der Waals surface area contributed by atoms with Gasteiger partial charge in [-0.2, -0.15) is 5.10 Å². The van der Waals surface area contributed by atoms with Crippen LogP contribution in [0, 0.1) is 5.82 Å². The number of carbonyl (C=O) groups excluding carboxylic acids is 1. The van der Waals surface area contributed by atoms with E-state index in [1.165, 1.54) is 12.1 Å². The van der Waals surface area contributed by atoms with Crippen molar-refractivity contribution in [1.29, 1.82) is 0 Å². The highest BCUT2D eigenvalue weighted by atomic mass is 19.1.